The minimum absolute atomic E-state index is 0.0810. The molecule has 6 heteroatoms. The molecule has 0 aliphatic heterocycles. The Bertz CT molecular complexity index is 467. The van der Waals surface area contributed by atoms with Gasteiger partial charge >= 0.3 is 5.69 Å². The summed E-state index contributed by atoms with van der Waals surface area (Å²) in [5.41, 5.74) is 0.705. The van der Waals surface area contributed by atoms with E-state index in [4.69, 9.17) is 0 Å². The molecule has 86 valence electrons. The van der Waals surface area contributed by atoms with Crippen molar-refractivity contribution in [2.24, 2.45) is 0 Å². The number of nitro groups is 1. The molecular formula is C10H11BrN2O3. The maximum Gasteiger partial charge on any atom is 0.303 e. The predicted molar refractivity (Wildman–Crippen MR) is 61.4 cm³/mol. The standard InChI is InChI=1S/C10H11BrN2O3/c1-6-10(13(15)16)9(11)5-12(6)7-2-3-8(14)4-7/h5,7H,2-4H2,1H3. The van der Waals surface area contributed by atoms with Crippen LogP contribution >= 0.6 is 15.9 Å². The molecule has 5 nitrogen and oxygen atoms in total. The lowest BCUT2D eigenvalue weighted by atomic mass is 10.2. The smallest absolute Gasteiger partial charge is 0.303 e. The molecule has 1 saturated carbocycles. The van der Waals surface area contributed by atoms with E-state index in [1.54, 1.807) is 13.1 Å². The fourth-order valence-electron chi connectivity index (χ4n) is 2.21. The van der Waals surface area contributed by atoms with E-state index >= 15 is 0 Å². The van der Waals surface area contributed by atoms with Gasteiger partial charge in [-0.1, -0.05) is 0 Å². The van der Waals surface area contributed by atoms with Gasteiger partial charge in [0, 0.05) is 25.1 Å². The van der Waals surface area contributed by atoms with Crippen LogP contribution in [0.2, 0.25) is 0 Å². The zero-order valence-corrected chi connectivity index (χ0v) is 10.4. The zero-order valence-electron chi connectivity index (χ0n) is 8.77. The molecule has 2 rings (SSSR count). The van der Waals surface area contributed by atoms with Gasteiger partial charge in [-0.05, 0) is 29.3 Å². The lowest BCUT2D eigenvalue weighted by Crippen LogP contribution is -2.06. The number of hydrogen-bond acceptors (Lipinski definition) is 3. The predicted octanol–water partition coefficient (Wildman–Crippen LogP) is 2.76. The number of hydrogen-bond donors (Lipinski definition) is 0. The van der Waals surface area contributed by atoms with Crippen LogP contribution in [-0.2, 0) is 4.79 Å². The third-order valence-electron chi connectivity index (χ3n) is 3.00. The number of rotatable bonds is 2. The van der Waals surface area contributed by atoms with Gasteiger partial charge in [-0.2, -0.15) is 0 Å². The number of ketones is 1. The van der Waals surface area contributed by atoms with Gasteiger partial charge < -0.3 is 4.57 Å². The van der Waals surface area contributed by atoms with Crippen LogP contribution in [0.4, 0.5) is 5.69 Å². The first-order chi connectivity index (χ1) is 7.50. The summed E-state index contributed by atoms with van der Waals surface area (Å²) in [5, 5.41) is 10.8. The molecule has 1 atom stereocenters. The van der Waals surface area contributed by atoms with Gasteiger partial charge in [0.2, 0.25) is 0 Å². The zero-order chi connectivity index (χ0) is 11.9. The highest BCUT2D eigenvalue weighted by atomic mass is 79.9. The highest BCUT2D eigenvalue weighted by Gasteiger charge is 2.29. The molecule has 0 bridgehead atoms. The summed E-state index contributed by atoms with van der Waals surface area (Å²) in [4.78, 5) is 21.6. The van der Waals surface area contributed by atoms with Crippen molar-refractivity contribution in [2.75, 3.05) is 0 Å². The van der Waals surface area contributed by atoms with E-state index < -0.39 is 4.92 Å². The van der Waals surface area contributed by atoms with Gasteiger partial charge in [-0.15, -0.1) is 0 Å². The van der Waals surface area contributed by atoms with Gasteiger partial charge in [-0.25, -0.2) is 0 Å². The number of Topliss-reactive ketones (excluding diaryl/α,β-unsaturated/α-hetero) is 1. The molecule has 1 aliphatic carbocycles. The summed E-state index contributed by atoms with van der Waals surface area (Å²) < 4.78 is 2.32. The molecule has 1 aliphatic rings. The summed E-state index contributed by atoms with van der Waals surface area (Å²) in [6.45, 7) is 1.71. The normalized spacial score (nSPS) is 20.4. The quantitative estimate of drug-likeness (QED) is 0.620. The van der Waals surface area contributed by atoms with E-state index in [0.29, 0.717) is 23.0 Å². The Morgan fingerprint density at radius 1 is 1.62 bits per heavy atom. The molecule has 16 heavy (non-hydrogen) atoms. The fraction of sp³-hybridized carbons (Fsp3) is 0.500. The Balaban J connectivity index is 2.39. The molecule has 1 aromatic rings. The fourth-order valence-corrected chi connectivity index (χ4v) is 2.86. The molecule has 1 fully saturated rings. The monoisotopic (exact) mass is 286 g/mol. The second-order valence-electron chi connectivity index (χ2n) is 4.01. The second kappa shape index (κ2) is 4.01. The van der Waals surface area contributed by atoms with E-state index in [1.165, 1.54) is 0 Å². The van der Waals surface area contributed by atoms with Crippen molar-refractivity contribution in [1.29, 1.82) is 0 Å². The summed E-state index contributed by atoms with van der Waals surface area (Å²) in [7, 11) is 0. The van der Waals surface area contributed by atoms with E-state index in [-0.39, 0.29) is 17.5 Å². The van der Waals surface area contributed by atoms with E-state index in [9.17, 15) is 14.9 Å². The lowest BCUT2D eigenvalue weighted by Gasteiger charge is -2.12. The van der Waals surface area contributed by atoms with Crippen molar-refractivity contribution in [3.8, 4) is 0 Å². The summed E-state index contributed by atoms with van der Waals surface area (Å²) in [6.07, 6.45) is 3.54. The molecule has 1 aromatic heterocycles. The van der Waals surface area contributed by atoms with Crippen molar-refractivity contribution in [1.82, 2.24) is 4.57 Å². The first-order valence-electron chi connectivity index (χ1n) is 5.03. The Hall–Kier alpha value is -1.17. The highest BCUT2D eigenvalue weighted by molar-refractivity contribution is 9.10. The van der Waals surface area contributed by atoms with Crippen molar-refractivity contribution >= 4 is 27.4 Å². The molecular weight excluding hydrogens is 276 g/mol. The number of carbonyl (C=O) groups is 1. The molecule has 0 saturated heterocycles. The third-order valence-corrected chi connectivity index (χ3v) is 3.58. The molecule has 0 aromatic carbocycles. The van der Waals surface area contributed by atoms with Gasteiger partial charge in [0.05, 0.1) is 10.6 Å². The van der Waals surface area contributed by atoms with Gasteiger partial charge in [0.1, 0.15) is 10.3 Å². The molecule has 1 heterocycles. The van der Waals surface area contributed by atoms with E-state index in [0.717, 1.165) is 6.42 Å². The molecule has 0 amide bonds. The molecule has 0 N–H and O–H groups in total. The third kappa shape index (κ3) is 1.77. The van der Waals surface area contributed by atoms with Crippen molar-refractivity contribution in [2.45, 2.75) is 32.2 Å². The Morgan fingerprint density at radius 2 is 2.31 bits per heavy atom. The summed E-state index contributed by atoms with van der Waals surface area (Å²) in [5.74, 6) is 0.233. The van der Waals surface area contributed by atoms with Crippen molar-refractivity contribution in [3.05, 3.63) is 26.5 Å². The van der Waals surface area contributed by atoms with Gasteiger partial charge in [-0.3, -0.25) is 14.9 Å². The first kappa shape index (κ1) is 11.3. The Kier molecular flexibility index (Phi) is 2.84. The maximum absolute atomic E-state index is 11.2. The maximum atomic E-state index is 11.2. The average molecular weight is 287 g/mol. The summed E-state index contributed by atoms with van der Waals surface area (Å²) >= 11 is 3.18. The van der Waals surface area contributed by atoms with Gasteiger partial charge in [0.15, 0.2) is 0 Å². The molecule has 1 unspecified atom stereocenters. The first-order valence-corrected chi connectivity index (χ1v) is 5.83. The number of carbonyl (C=O) groups excluding carboxylic acids is 1. The minimum Gasteiger partial charge on any atom is -0.341 e. The number of halogens is 1. The molecule has 0 radical (unpaired) electrons. The van der Waals surface area contributed by atoms with Crippen LogP contribution in [0.1, 0.15) is 31.0 Å². The SMILES string of the molecule is Cc1c([N+](=O)[O-])c(Br)cn1C1CCC(=O)C1. The second-order valence-corrected chi connectivity index (χ2v) is 4.87. The average Bonchev–Trinajstić information content (AvgIpc) is 2.70. The van der Waals surface area contributed by atoms with Crippen LogP contribution in [0, 0.1) is 17.0 Å². The van der Waals surface area contributed by atoms with Crippen LogP contribution in [0.3, 0.4) is 0 Å². The van der Waals surface area contributed by atoms with Crippen LogP contribution in [0.5, 0.6) is 0 Å². The minimum atomic E-state index is -0.396. The summed E-state index contributed by atoms with van der Waals surface area (Å²) in [6, 6.07) is 0.0810. The van der Waals surface area contributed by atoms with Crippen LogP contribution in [0.15, 0.2) is 10.7 Å². The van der Waals surface area contributed by atoms with Crippen LogP contribution < -0.4 is 0 Å². The Labute approximate surface area is 101 Å². The van der Waals surface area contributed by atoms with Crippen molar-refractivity contribution in [3.63, 3.8) is 0 Å². The van der Waals surface area contributed by atoms with Crippen LogP contribution in [0.25, 0.3) is 0 Å². The number of nitrogens with zero attached hydrogens (tertiary/aromatic N) is 2. The largest absolute Gasteiger partial charge is 0.341 e. The van der Waals surface area contributed by atoms with Gasteiger partial charge in [0.25, 0.3) is 0 Å². The van der Waals surface area contributed by atoms with E-state index in [2.05, 4.69) is 15.9 Å². The number of aromatic nitrogens is 1. The highest BCUT2D eigenvalue weighted by Crippen LogP contribution is 2.36. The van der Waals surface area contributed by atoms with Crippen molar-refractivity contribution < 1.29 is 9.72 Å². The van der Waals surface area contributed by atoms with Crippen LogP contribution in [-0.4, -0.2) is 15.3 Å². The molecule has 0 spiro atoms. The topological polar surface area (TPSA) is 65.1 Å². The Morgan fingerprint density at radius 3 is 2.75 bits per heavy atom. The lowest BCUT2D eigenvalue weighted by molar-refractivity contribution is -0.386. The van der Waals surface area contributed by atoms with E-state index in [1.807, 2.05) is 4.57 Å².